The lowest BCUT2D eigenvalue weighted by molar-refractivity contribution is 0.0431. The Hall–Kier alpha value is -0.0800. The zero-order valence-electron chi connectivity index (χ0n) is 5.13. The Balaban J connectivity index is 2.30. The van der Waals surface area contributed by atoms with Crippen molar-refractivity contribution in [3.63, 3.8) is 0 Å². The van der Waals surface area contributed by atoms with Crippen LogP contribution in [-0.2, 0) is 4.74 Å². The van der Waals surface area contributed by atoms with E-state index in [1.165, 1.54) is 0 Å². The summed E-state index contributed by atoms with van der Waals surface area (Å²) in [4.78, 5) is 0. The van der Waals surface area contributed by atoms with E-state index in [9.17, 15) is 0 Å². The van der Waals surface area contributed by atoms with Gasteiger partial charge in [0.15, 0.2) is 0 Å². The van der Waals surface area contributed by atoms with Crippen LogP contribution in [0.4, 0.5) is 0 Å². The Kier molecular flexibility index (Phi) is 1.86. The van der Waals surface area contributed by atoms with E-state index < -0.39 is 0 Å². The lowest BCUT2D eigenvalue weighted by atomic mass is 10.1. The third-order valence-corrected chi connectivity index (χ3v) is 1.72. The predicted molar refractivity (Wildman–Crippen MR) is 30.6 cm³/mol. The summed E-state index contributed by atoms with van der Waals surface area (Å²) in [6.45, 7) is 3.11. The van der Waals surface area contributed by atoms with Crippen molar-refractivity contribution in [3.8, 4) is 0 Å². The highest BCUT2D eigenvalue weighted by Gasteiger charge is 2.22. The highest BCUT2D eigenvalue weighted by Crippen LogP contribution is 2.18. The summed E-state index contributed by atoms with van der Waals surface area (Å²) in [5.74, 6) is 0.556. The molecule has 0 aromatic carbocycles. The van der Waals surface area contributed by atoms with Gasteiger partial charge in [-0.1, -0.05) is 6.92 Å². The van der Waals surface area contributed by atoms with Crippen molar-refractivity contribution >= 4 is 0 Å². The van der Waals surface area contributed by atoms with E-state index in [-0.39, 0.29) is 12.7 Å². The maximum absolute atomic E-state index is 8.61. The third kappa shape index (κ3) is 1.01. The number of hydrogen-bond acceptors (Lipinski definition) is 2. The summed E-state index contributed by atoms with van der Waals surface area (Å²) in [6.07, 6.45) is 1.22. The molecule has 2 heteroatoms. The molecule has 1 saturated heterocycles. The minimum atomic E-state index is 0.120. The van der Waals surface area contributed by atoms with Crippen molar-refractivity contribution in [2.24, 2.45) is 5.92 Å². The van der Waals surface area contributed by atoms with Gasteiger partial charge in [-0.2, -0.15) is 0 Å². The number of ether oxygens (including phenoxy) is 1. The molecule has 1 aliphatic heterocycles. The first-order chi connectivity index (χ1) is 3.84. The molecule has 0 aliphatic carbocycles. The Morgan fingerprint density at radius 2 is 2.50 bits per heavy atom. The van der Waals surface area contributed by atoms with Gasteiger partial charge in [0, 0.05) is 6.61 Å². The molecular weight excluding hydrogens is 104 g/mol. The quantitative estimate of drug-likeness (QED) is 0.537. The molecule has 1 aliphatic rings. The molecule has 1 fully saturated rings. The predicted octanol–water partition coefficient (Wildman–Crippen LogP) is 0.404. The normalized spacial score (nSPS) is 38.2. The minimum Gasteiger partial charge on any atom is -0.394 e. The molecule has 2 atom stereocenters. The minimum absolute atomic E-state index is 0.120. The SMILES string of the molecule is C[C@H]1CCOC1CO. The fourth-order valence-corrected chi connectivity index (χ4v) is 0.988. The Morgan fingerprint density at radius 1 is 1.75 bits per heavy atom. The van der Waals surface area contributed by atoms with Gasteiger partial charge < -0.3 is 9.84 Å². The smallest absolute Gasteiger partial charge is 0.0832 e. The summed E-state index contributed by atoms with van der Waals surface area (Å²) in [5.41, 5.74) is 0. The highest BCUT2D eigenvalue weighted by atomic mass is 16.5. The van der Waals surface area contributed by atoms with E-state index in [2.05, 4.69) is 6.92 Å². The standard InChI is InChI=1S/C6H12O2/c1-5-2-3-8-6(5)4-7/h5-7H,2-4H2,1H3/t5-,6?/m0/s1. The molecule has 0 amide bonds. The molecule has 0 aromatic rings. The molecule has 2 nitrogen and oxygen atoms in total. The van der Waals surface area contributed by atoms with Crippen molar-refractivity contribution in [2.45, 2.75) is 19.4 Å². The van der Waals surface area contributed by atoms with E-state index in [1.54, 1.807) is 0 Å². The van der Waals surface area contributed by atoms with Crippen LogP contribution in [0, 0.1) is 5.92 Å². The van der Waals surface area contributed by atoms with Crippen molar-refractivity contribution in [1.82, 2.24) is 0 Å². The number of hydrogen-bond donors (Lipinski definition) is 1. The van der Waals surface area contributed by atoms with Crippen molar-refractivity contribution in [1.29, 1.82) is 0 Å². The average molecular weight is 116 g/mol. The van der Waals surface area contributed by atoms with Crippen LogP contribution in [-0.4, -0.2) is 24.4 Å². The van der Waals surface area contributed by atoms with Gasteiger partial charge in [0.1, 0.15) is 0 Å². The van der Waals surface area contributed by atoms with Crippen LogP contribution in [0.25, 0.3) is 0 Å². The second-order valence-corrected chi connectivity index (χ2v) is 2.36. The van der Waals surface area contributed by atoms with Gasteiger partial charge in [-0.15, -0.1) is 0 Å². The molecule has 48 valence electrons. The number of aliphatic hydroxyl groups is 1. The summed E-state index contributed by atoms with van der Waals surface area (Å²) in [7, 11) is 0. The summed E-state index contributed by atoms with van der Waals surface area (Å²) < 4.78 is 5.16. The lowest BCUT2D eigenvalue weighted by Gasteiger charge is -2.08. The Morgan fingerprint density at radius 3 is 2.75 bits per heavy atom. The second-order valence-electron chi connectivity index (χ2n) is 2.36. The topological polar surface area (TPSA) is 29.5 Å². The molecule has 1 rings (SSSR count). The van der Waals surface area contributed by atoms with Crippen LogP contribution in [0.2, 0.25) is 0 Å². The van der Waals surface area contributed by atoms with Crippen LogP contribution in [0.15, 0.2) is 0 Å². The molecule has 0 radical (unpaired) electrons. The van der Waals surface area contributed by atoms with E-state index in [4.69, 9.17) is 9.84 Å². The Bertz CT molecular complexity index is 72.9. The van der Waals surface area contributed by atoms with Gasteiger partial charge in [0.2, 0.25) is 0 Å². The molecule has 1 unspecified atom stereocenters. The maximum atomic E-state index is 8.61. The highest BCUT2D eigenvalue weighted by molar-refractivity contribution is 4.70. The van der Waals surface area contributed by atoms with Gasteiger partial charge in [-0.3, -0.25) is 0 Å². The largest absolute Gasteiger partial charge is 0.394 e. The molecule has 0 spiro atoms. The van der Waals surface area contributed by atoms with Crippen LogP contribution < -0.4 is 0 Å². The maximum Gasteiger partial charge on any atom is 0.0832 e. The van der Waals surface area contributed by atoms with Crippen molar-refractivity contribution < 1.29 is 9.84 Å². The molecule has 8 heavy (non-hydrogen) atoms. The van der Waals surface area contributed by atoms with Crippen LogP contribution in [0.3, 0.4) is 0 Å². The van der Waals surface area contributed by atoms with E-state index in [0.717, 1.165) is 13.0 Å². The first kappa shape index (κ1) is 6.05. The van der Waals surface area contributed by atoms with E-state index in [1.807, 2.05) is 0 Å². The molecule has 0 aromatic heterocycles. The van der Waals surface area contributed by atoms with Gasteiger partial charge in [0.05, 0.1) is 12.7 Å². The van der Waals surface area contributed by atoms with E-state index >= 15 is 0 Å². The fraction of sp³-hybridized carbons (Fsp3) is 1.00. The fourth-order valence-electron chi connectivity index (χ4n) is 0.988. The Labute approximate surface area is 49.5 Å². The molecule has 0 bridgehead atoms. The number of aliphatic hydroxyl groups excluding tert-OH is 1. The van der Waals surface area contributed by atoms with Gasteiger partial charge in [-0.25, -0.2) is 0 Å². The summed E-state index contributed by atoms with van der Waals surface area (Å²) in [5, 5.41) is 8.61. The first-order valence-corrected chi connectivity index (χ1v) is 3.07. The molecule has 0 saturated carbocycles. The average Bonchev–Trinajstić information content (AvgIpc) is 2.14. The molecule has 1 heterocycles. The first-order valence-electron chi connectivity index (χ1n) is 3.07. The van der Waals surface area contributed by atoms with Gasteiger partial charge >= 0.3 is 0 Å². The zero-order valence-corrected chi connectivity index (χ0v) is 5.13. The van der Waals surface area contributed by atoms with Crippen molar-refractivity contribution in [3.05, 3.63) is 0 Å². The summed E-state index contributed by atoms with van der Waals surface area (Å²) >= 11 is 0. The second kappa shape index (κ2) is 2.46. The van der Waals surface area contributed by atoms with E-state index in [0.29, 0.717) is 5.92 Å². The molecule has 1 N–H and O–H groups in total. The van der Waals surface area contributed by atoms with Crippen LogP contribution in [0.1, 0.15) is 13.3 Å². The van der Waals surface area contributed by atoms with Crippen LogP contribution in [0.5, 0.6) is 0 Å². The molecular formula is C6H12O2. The third-order valence-electron chi connectivity index (χ3n) is 1.72. The van der Waals surface area contributed by atoms with Crippen LogP contribution >= 0.6 is 0 Å². The number of rotatable bonds is 1. The van der Waals surface area contributed by atoms with Crippen molar-refractivity contribution in [2.75, 3.05) is 13.2 Å². The zero-order chi connectivity index (χ0) is 5.98. The van der Waals surface area contributed by atoms with Gasteiger partial charge in [0.25, 0.3) is 0 Å². The summed E-state index contributed by atoms with van der Waals surface area (Å²) in [6, 6.07) is 0. The lowest BCUT2D eigenvalue weighted by Crippen LogP contribution is -2.17. The monoisotopic (exact) mass is 116 g/mol. The van der Waals surface area contributed by atoms with Gasteiger partial charge in [-0.05, 0) is 12.3 Å².